The molecule has 3 aromatic carbocycles. The molecule has 0 amide bonds. The molecule has 0 aromatic heterocycles. The minimum absolute atomic E-state index is 0.0602. The van der Waals surface area contributed by atoms with Gasteiger partial charge in [-0.15, -0.1) is 0 Å². The van der Waals surface area contributed by atoms with Gasteiger partial charge < -0.3 is 50.3 Å². The van der Waals surface area contributed by atoms with Crippen molar-refractivity contribution in [3.8, 4) is 17.2 Å². The SMILES string of the molecule is CC[C@H](O)CC[C@@H]1[C@H]2Cc3cccc(O)c3C[C@H]2C[C@H]1O.CC[C@H](O)CC[C@@H]1[C@H]2Cc3cccc(OCC(=O)O)c3C[C@H]2C[C@H]1O.CI.[C-]#[N+]COc1cccc2c1C[C@H]1C[C@@H](O)[C@H](CC[C@@H](O)CC)[C@H]1C2.[I][V]([I])[I].[I][V][I]. The van der Waals surface area contributed by atoms with Gasteiger partial charge in [0.05, 0.1) is 36.6 Å². The van der Waals surface area contributed by atoms with Crippen molar-refractivity contribution in [1.29, 1.82) is 0 Å². The topological polar surface area (TPSA) is 202 Å². The third-order valence-corrected chi connectivity index (χ3v) is 17.6. The van der Waals surface area contributed by atoms with E-state index in [1.54, 1.807) is 6.07 Å². The van der Waals surface area contributed by atoms with Crippen LogP contribution >= 0.6 is 122 Å². The molecule has 3 saturated carbocycles. The van der Waals surface area contributed by atoms with Gasteiger partial charge >= 0.3 is 127 Å². The number of carboxylic acids is 1. The van der Waals surface area contributed by atoms with E-state index in [0.29, 0.717) is 62.4 Å². The summed E-state index contributed by atoms with van der Waals surface area (Å²) in [6, 6.07) is 17.7. The van der Waals surface area contributed by atoms with Gasteiger partial charge in [-0.3, -0.25) is 4.85 Å². The zero-order valence-electron chi connectivity index (χ0n) is 45.9. The summed E-state index contributed by atoms with van der Waals surface area (Å²) in [7, 11) is 0.628. The number of carboxylic acid groups (broad SMARTS) is 1. The van der Waals surface area contributed by atoms with Crippen molar-refractivity contribution < 1.29 is 69.5 Å². The Morgan fingerprint density at radius 2 is 0.949 bits per heavy atom. The Balaban J connectivity index is 0.000000238. The Kier molecular flexibility index (Phi) is 35.5. The normalized spacial score (nSPS) is 27.4. The molecule has 20 heteroatoms. The van der Waals surface area contributed by atoms with Crippen molar-refractivity contribution in [3.05, 3.63) is 99.4 Å². The van der Waals surface area contributed by atoms with Gasteiger partial charge in [0.15, 0.2) is 6.61 Å². The molecule has 3 fully saturated rings. The fraction of sp³-hybridized carbons (Fsp3) is 0.661. The van der Waals surface area contributed by atoms with E-state index in [0.717, 1.165) is 132 Å². The summed E-state index contributed by atoms with van der Waals surface area (Å²) in [4.78, 5) is 15.8. The standard InChI is InChI=1S/C20H27NO3.C20H28O5.C18H26O3.CH3I.5HI.2V/c1-3-15(22)7-8-16-17-9-13-5-4-6-20(24-12-21-2)18(13)10-14(17)11-19(16)23;1-2-14(21)6-7-15-16-8-12-4-3-5-19(25-11-20(23)24)17(12)9-13(16)10-18(15)22;1-2-13(19)6-7-14-15-8-11-4-3-5-17(20)16(11)9-12(15)10-18(14)21;1-2;;;;;;;/h4-6,14-17,19,22-23H,3,7-12H2,1H3;3-5,13-16,18,21-22H,2,6-11H2,1H3,(H,23,24);3-5,12-15,18-21H,2,6-10H2,1H3;1H3;5*1H;;/q;;;;;;;;;+2;+3/p-5/t14-,15-,16+,17-,19+;13-,14-,15+,16-,18+;12-,13-,14+,15-,18+;;;;;;;;/m000......../s1. The molecular weight excluding hydrogens is 1760 g/mol. The van der Waals surface area contributed by atoms with Crippen LogP contribution < -0.4 is 9.47 Å². The summed E-state index contributed by atoms with van der Waals surface area (Å²) in [5.41, 5.74) is 7.16. The second-order valence-corrected chi connectivity index (χ2v) is 69.0. The molecule has 3 aromatic rings. The summed E-state index contributed by atoms with van der Waals surface area (Å²) in [5, 5.41) is 79.8. The van der Waals surface area contributed by atoms with Crippen LogP contribution in [0.5, 0.6) is 17.2 Å². The fourth-order valence-electron chi connectivity index (χ4n) is 13.7. The number of aliphatic carboxylic acids is 1. The van der Waals surface area contributed by atoms with Gasteiger partial charge in [-0.2, -0.15) is 0 Å². The molecule has 0 bridgehead atoms. The Bertz CT molecular complexity index is 2320. The Labute approximate surface area is 551 Å². The molecule has 6 aliphatic carbocycles. The molecule has 0 spiro atoms. The van der Waals surface area contributed by atoms with Crippen LogP contribution in [0, 0.1) is 59.8 Å². The van der Waals surface area contributed by atoms with Crippen molar-refractivity contribution in [2.24, 2.45) is 53.3 Å². The molecule has 8 N–H and O–H groups in total. The zero-order valence-corrected chi connectivity index (χ0v) is 61.6. The first-order chi connectivity index (χ1) is 37.9. The van der Waals surface area contributed by atoms with Gasteiger partial charge in [-0.1, -0.05) is 79.8 Å². The predicted molar refractivity (Wildman–Crippen MR) is 358 cm³/mol. The van der Waals surface area contributed by atoms with E-state index in [1.807, 2.05) is 56.0 Å². The van der Waals surface area contributed by atoms with Gasteiger partial charge in [0.25, 0.3) is 0 Å². The number of aliphatic hydroxyl groups excluding tert-OH is 6. The molecule has 0 saturated heterocycles. The molecule has 15 atom stereocenters. The van der Waals surface area contributed by atoms with Crippen LogP contribution in [0.2, 0.25) is 0 Å². The van der Waals surface area contributed by atoms with Gasteiger partial charge in [0.1, 0.15) is 17.2 Å². The number of carbonyl (C=O) groups is 1. The van der Waals surface area contributed by atoms with Crippen LogP contribution in [0.4, 0.5) is 0 Å². The molecule has 0 radical (unpaired) electrons. The van der Waals surface area contributed by atoms with Crippen molar-refractivity contribution in [1.82, 2.24) is 0 Å². The van der Waals surface area contributed by atoms with E-state index in [4.69, 9.17) is 21.2 Å². The second-order valence-electron chi connectivity index (χ2n) is 21.9. The number of phenolic OH excluding ortho intramolecular Hbond substituents is 1. The first-order valence-corrected chi connectivity index (χ1v) is 52.5. The van der Waals surface area contributed by atoms with Crippen molar-refractivity contribution >= 4 is 128 Å². The number of aliphatic hydroxyl groups is 6. The number of aromatic hydroxyl groups is 1. The summed E-state index contributed by atoms with van der Waals surface area (Å²) in [6.07, 6.45) is 13.7. The van der Waals surface area contributed by atoms with Crippen molar-refractivity contribution in [3.63, 3.8) is 0 Å². The third kappa shape index (κ3) is 22.5. The Morgan fingerprint density at radius 1 is 0.620 bits per heavy atom. The van der Waals surface area contributed by atoms with Crippen LogP contribution in [-0.2, 0) is 57.7 Å². The molecule has 443 valence electrons. The third-order valence-electron chi connectivity index (χ3n) is 17.6. The summed E-state index contributed by atoms with van der Waals surface area (Å²) in [5.74, 6) is 4.54. The number of benzene rings is 3. The first-order valence-electron chi connectivity index (χ1n) is 27.9. The summed E-state index contributed by atoms with van der Waals surface area (Å²) >= 11 is 14.3. The van der Waals surface area contributed by atoms with Crippen LogP contribution in [-0.4, -0.2) is 102 Å². The number of halogens is 6. The first kappa shape index (κ1) is 72.8. The molecule has 0 heterocycles. The maximum absolute atomic E-state index is 10.8. The quantitative estimate of drug-likeness (QED) is 0.0363. The van der Waals surface area contributed by atoms with Crippen molar-refractivity contribution in [2.45, 2.75) is 173 Å². The fourth-order valence-corrected chi connectivity index (χ4v) is 13.7. The number of phenols is 1. The molecule has 79 heavy (non-hydrogen) atoms. The van der Waals surface area contributed by atoms with E-state index in [9.17, 15) is 40.5 Å². The summed E-state index contributed by atoms with van der Waals surface area (Å²) < 4.78 is 11.1. The Hall–Kier alpha value is 1.33. The molecule has 6 aliphatic rings. The number of hydrogen-bond acceptors (Lipinski definition) is 10. The van der Waals surface area contributed by atoms with Crippen LogP contribution in [0.3, 0.4) is 0 Å². The number of fused-ring (bicyclic) bond motifs is 6. The molecule has 0 unspecified atom stereocenters. The average Bonchev–Trinajstić information content (AvgIpc) is 4.05. The van der Waals surface area contributed by atoms with Gasteiger partial charge in [0.2, 0.25) is 0 Å². The zero-order chi connectivity index (χ0) is 58.3. The Morgan fingerprint density at radius 3 is 1.29 bits per heavy atom. The van der Waals surface area contributed by atoms with E-state index in [2.05, 4.69) is 146 Å². The number of ether oxygens (including phenoxy) is 2. The predicted octanol–water partition coefficient (Wildman–Crippen LogP) is 13.7. The molecular formula is C59H84I6NO11V2. The minimum atomic E-state index is -0.975. The van der Waals surface area contributed by atoms with Gasteiger partial charge in [0, 0.05) is 0 Å². The summed E-state index contributed by atoms with van der Waals surface area (Å²) in [6.45, 7) is 12.6. The number of alkyl halides is 1. The molecule has 9 rings (SSSR count). The number of hydrogen-bond donors (Lipinski definition) is 8. The molecule has 0 aliphatic heterocycles. The van der Waals surface area contributed by atoms with Gasteiger partial charge in [-0.05, 0) is 225 Å². The van der Waals surface area contributed by atoms with Gasteiger partial charge in [-0.25, -0.2) is 11.4 Å². The number of rotatable bonds is 17. The monoisotopic (exact) mass is 1850 g/mol. The van der Waals surface area contributed by atoms with Crippen LogP contribution in [0.1, 0.15) is 131 Å². The van der Waals surface area contributed by atoms with E-state index in [-0.39, 0.29) is 66.7 Å². The van der Waals surface area contributed by atoms with Crippen LogP contribution in [0.25, 0.3) is 4.85 Å². The molecule has 12 nitrogen and oxygen atoms in total. The van der Waals surface area contributed by atoms with Crippen LogP contribution in [0.15, 0.2) is 54.6 Å². The van der Waals surface area contributed by atoms with E-state index < -0.39 is 5.97 Å². The number of nitrogens with zero attached hydrogens (tertiary/aromatic N) is 1. The van der Waals surface area contributed by atoms with E-state index >= 15 is 0 Å². The van der Waals surface area contributed by atoms with Crippen molar-refractivity contribution in [2.75, 3.05) is 18.3 Å². The van der Waals surface area contributed by atoms with E-state index in [1.165, 1.54) is 22.3 Å². The second kappa shape index (κ2) is 38.6. The average molecular weight is 1850 g/mol. The maximum atomic E-state index is 10.8.